The van der Waals surface area contributed by atoms with Crippen molar-refractivity contribution in [2.45, 2.75) is 0 Å². The maximum Gasteiger partial charge on any atom is 0.203 e. The fourth-order valence-corrected chi connectivity index (χ4v) is 3.24. The molecule has 0 fully saturated rings. The molecular weight excluding hydrogens is 342 g/mol. The van der Waals surface area contributed by atoms with Gasteiger partial charge in [-0.05, 0) is 29.3 Å². The van der Waals surface area contributed by atoms with Gasteiger partial charge >= 0.3 is 0 Å². The smallest absolute Gasteiger partial charge is 0.203 e. The molecule has 6 nitrogen and oxygen atoms in total. The van der Waals surface area contributed by atoms with Crippen LogP contribution in [0, 0.1) is 0 Å². The molecule has 0 bridgehead atoms. The monoisotopic (exact) mass is 361 g/mol. The molecule has 0 aliphatic rings. The number of nitrogens with one attached hydrogen (secondary N) is 1. The van der Waals surface area contributed by atoms with Crippen LogP contribution in [-0.2, 0) is 0 Å². The lowest BCUT2D eigenvalue weighted by Crippen LogP contribution is -1.96. The summed E-state index contributed by atoms with van der Waals surface area (Å²) < 4.78 is 16.4. The van der Waals surface area contributed by atoms with Crippen LogP contribution < -0.4 is 14.2 Å². The lowest BCUT2D eigenvalue weighted by Gasteiger charge is -2.15. The highest BCUT2D eigenvalue weighted by Gasteiger charge is 2.18. The molecular formula is C21H19N3O3. The Morgan fingerprint density at radius 3 is 2.15 bits per heavy atom. The number of methoxy groups -OCH3 is 3. The van der Waals surface area contributed by atoms with Gasteiger partial charge in [0.15, 0.2) is 17.1 Å². The summed E-state index contributed by atoms with van der Waals surface area (Å²) in [6.45, 7) is 0. The predicted octanol–water partition coefficient (Wildman–Crippen LogP) is 4.32. The summed E-state index contributed by atoms with van der Waals surface area (Å²) in [6, 6.07) is 15.9. The second kappa shape index (κ2) is 6.99. The van der Waals surface area contributed by atoms with Gasteiger partial charge in [0.1, 0.15) is 0 Å². The summed E-state index contributed by atoms with van der Waals surface area (Å²) in [7, 11) is 4.81. The minimum absolute atomic E-state index is 0.560. The van der Waals surface area contributed by atoms with E-state index in [1.165, 1.54) is 0 Å². The van der Waals surface area contributed by atoms with Crippen LogP contribution in [0.15, 0.2) is 54.7 Å². The first-order valence-electron chi connectivity index (χ1n) is 8.45. The zero-order chi connectivity index (χ0) is 18.8. The summed E-state index contributed by atoms with van der Waals surface area (Å²) in [5.41, 5.74) is 4.52. The largest absolute Gasteiger partial charge is 0.493 e. The van der Waals surface area contributed by atoms with Gasteiger partial charge in [0.2, 0.25) is 5.75 Å². The molecule has 0 aliphatic carbocycles. The summed E-state index contributed by atoms with van der Waals surface area (Å²) in [6.07, 6.45) is 1.75. The van der Waals surface area contributed by atoms with Crippen LogP contribution in [0.1, 0.15) is 0 Å². The highest BCUT2D eigenvalue weighted by Crippen LogP contribution is 2.43. The number of H-pyrrole nitrogens is 1. The van der Waals surface area contributed by atoms with Gasteiger partial charge in [-0.15, -0.1) is 0 Å². The standard InChI is InChI=1S/C21H19N3O3/c1-25-16-11-14(12-17(26-2)20(16)27-3)15-9-10-22-21-18(15)19(23-24-21)13-7-5-4-6-8-13/h4-12H,1-3H3,(H,22,23,24). The number of fused-ring (bicyclic) bond motifs is 1. The number of benzene rings is 2. The van der Waals surface area contributed by atoms with Crippen molar-refractivity contribution >= 4 is 11.0 Å². The van der Waals surface area contributed by atoms with Gasteiger partial charge in [-0.3, -0.25) is 5.10 Å². The number of rotatable bonds is 5. The third-order valence-corrected chi connectivity index (χ3v) is 4.49. The Morgan fingerprint density at radius 2 is 1.52 bits per heavy atom. The molecule has 0 atom stereocenters. The first kappa shape index (κ1) is 16.9. The Balaban J connectivity index is 1.99. The average Bonchev–Trinajstić information content (AvgIpc) is 3.17. The van der Waals surface area contributed by atoms with Gasteiger partial charge < -0.3 is 14.2 Å². The molecule has 2 heterocycles. The molecule has 0 radical (unpaired) electrons. The van der Waals surface area contributed by atoms with E-state index in [-0.39, 0.29) is 0 Å². The van der Waals surface area contributed by atoms with Crippen molar-refractivity contribution in [2.75, 3.05) is 21.3 Å². The fourth-order valence-electron chi connectivity index (χ4n) is 3.24. The van der Waals surface area contributed by atoms with E-state index in [0.29, 0.717) is 22.9 Å². The van der Waals surface area contributed by atoms with E-state index in [1.807, 2.05) is 48.5 Å². The highest BCUT2D eigenvalue weighted by molar-refractivity contribution is 6.02. The van der Waals surface area contributed by atoms with Crippen molar-refractivity contribution in [3.8, 4) is 39.6 Å². The zero-order valence-electron chi connectivity index (χ0n) is 15.3. The van der Waals surface area contributed by atoms with Crippen LogP contribution in [-0.4, -0.2) is 36.5 Å². The first-order valence-corrected chi connectivity index (χ1v) is 8.45. The molecule has 0 aliphatic heterocycles. The molecule has 0 saturated carbocycles. The number of pyridine rings is 1. The summed E-state index contributed by atoms with van der Waals surface area (Å²) in [5.74, 6) is 1.76. The molecule has 0 spiro atoms. The number of hydrogen-bond donors (Lipinski definition) is 1. The fraction of sp³-hybridized carbons (Fsp3) is 0.143. The van der Waals surface area contributed by atoms with Gasteiger partial charge in [-0.1, -0.05) is 30.3 Å². The van der Waals surface area contributed by atoms with Gasteiger partial charge in [-0.25, -0.2) is 4.98 Å². The molecule has 136 valence electrons. The molecule has 27 heavy (non-hydrogen) atoms. The molecule has 0 unspecified atom stereocenters. The Labute approximate surface area is 156 Å². The molecule has 2 aromatic heterocycles. The summed E-state index contributed by atoms with van der Waals surface area (Å²) in [4.78, 5) is 4.40. The van der Waals surface area contributed by atoms with Crippen molar-refractivity contribution in [3.63, 3.8) is 0 Å². The van der Waals surface area contributed by atoms with Crippen molar-refractivity contribution in [1.29, 1.82) is 0 Å². The Bertz CT molecular complexity index is 1070. The SMILES string of the molecule is COc1cc(-c2ccnc3n[nH]c(-c4ccccc4)c23)cc(OC)c1OC. The third kappa shape index (κ3) is 2.85. The molecule has 2 aromatic carbocycles. The Hall–Kier alpha value is -3.54. The maximum atomic E-state index is 5.51. The molecule has 1 N–H and O–H groups in total. The van der Waals surface area contributed by atoms with E-state index in [2.05, 4.69) is 15.2 Å². The van der Waals surface area contributed by atoms with E-state index in [1.54, 1.807) is 27.5 Å². The van der Waals surface area contributed by atoms with Gasteiger partial charge in [0, 0.05) is 11.8 Å². The molecule has 4 aromatic rings. The van der Waals surface area contributed by atoms with Crippen LogP contribution in [0.2, 0.25) is 0 Å². The topological polar surface area (TPSA) is 69.3 Å². The number of aromatic nitrogens is 3. The first-order chi connectivity index (χ1) is 13.3. The van der Waals surface area contributed by atoms with Crippen molar-refractivity contribution in [2.24, 2.45) is 0 Å². The van der Waals surface area contributed by atoms with E-state index < -0.39 is 0 Å². The van der Waals surface area contributed by atoms with E-state index >= 15 is 0 Å². The second-order valence-electron chi connectivity index (χ2n) is 5.94. The van der Waals surface area contributed by atoms with Gasteiger partial charge in [0.25, 0.3) is 0 Å². The van der Waals surface area contributed by atoms with Crippen molar-refractivity contribution in [1.82, 2.24) is 15.2 Å². The molecule has 6 heteroatoms. The maximum absolute atomic E-state index is 5.51. The quantitative estimate of drug-likeness (QED) is 0.573. The third-order valence-electron chi connectivity index (χ3n) is 4.49. The van der Waals surface area contributed by atoms with E-state index in [9.17, 15) is 0 Å². The Kier molecular flexibility index (Phi) is 4.38. The lowest BCUT2D eigenvalue weighted by atomic mass is 9.99. The second-order valence-corrected chi connectivity index (χ2v) is 5.94. The van der Waals surface area contributed by atoms with Gasteiger partial charge in [0.05, 0.1) is 32.4 Å². The van der Waals surface area contributed by atoms with E-state index in [0.717, 1.165) is 27.8 Å². The van der Waals surface area contributed by atoms with E-state index in [4.69, 9.17) is 14.2 Å². The van der Waals surface area contributed by atoms with Gasteiger partial charge in [-0.2, -0.15) is 5.10 Å². The minimum atomic E-state index is 0.560. The Morgan fingerprint density at radius 1 is 0.815 bits per heavy atom. The normalized spacial score (nSPS) is 10.8. The number of aromatic amines is 1. The minimum Gasteiger partial charge on any atom is -0.493 e. The number of hydrogen-bond acceptors (Lipinski definition) is 5. The highest BCUT2D eigenvalue weighted by atomic mass is 16.5. The number of ether oxygens (including phenoxy) is 3. The van der Waals surface area contributed by atoms with Crippen molar-refractivity contribution in [3.05, 3.63) is 54.7 Å². The lowest BCUT2D eigenvalue weighted by molar-refractivity contribution is 0.324. The van der Waals surface area contributed by atoms with Crippen LogP contribution in [0.5, 0.6) is 17.2 Å². The van der Waals surface area contributed by atoms with Crippen LogP contribution in [0.25, 0.3) is 33.4 Å². The molecule has 0 saturated heterocycles. The zero-order valence-corrected chi connectivity index (χ0v) is 15.3. The molecule has 0 amide bonds. The predicted molar refractivity (Wildman–Crippen MR) is 104 cm³/mol. The average molecular weight is 361 g/mol. The van der Waals surface area contributed by atoms with Crippen LogP contribution in [0.3, 0.4) is 0 Å². The van der Waals surface area contributed by atoms with Crippen molar-refractivity contribution < 1.29 is 14.2 Å². The summed E-state index contributed by atoms with van der Waals surface area (Å²) in [5, 5.41) is 8.44. The summed E-state index contributed by atoms with van der Waals surface area (Å²) >= 11 is 0. The number of nitrogens with zero attached hydrogens (tertiary/aromatic N) is 2. The molecule has 4 rings (SSSR count). The van der Waals surface area contributed by atoms with Crippen LogP contribution >= 0.6 is 0 Å². The van der Waals surface area contributed by atoms with Crippen LogP contribution in [0.4, 0.5) is 0 Å².